The van der Waals surface area contributed by atoms with Crippen molar-refractivity contribution in [3.05, 3.63) is 49.1 Å². The van der Waals surface area contributed by atoms with Crippen molar-refractivity contribution in [2.24, 2.45) is 0 Å². The molecular formula is C11H17BS2. The predicted molar refractivity (Wildman–Crippen MR) is 76.2 cm³/mol. The summed E-state index contributed by atoms with van der Waals surface area (Å²) in [6.07, 6.45) is 11.6. The molecule has 0 nitrogen and oxygen atoms in total. The van der Waals surface area contributed by atoms with Gasteiger partial charge >= 0.3 is 0 Å². The summed E-state index contributed by atoms with van der Waals surface area (Å²) >= 11 is 6.39. The fourth-order valence-electron chi connectivity index (χ4n) is 0.968. The third-order valence-corrected chi connectivity index (χ3v) is 3.86. The van der Waals surface area contributed by atoms with Gasteiger partial charge in [0, 0.05) is 5.25 Å². The Kier molecular flexibility index (Phi) is 7.91. The first-order valence-corrected chi connectivity index (χ1v) is 6.30. The van der Waals surface area contributed by atoms with E-state index in [2.05, 4.69) is 39.9 Å². The number of thiol groups is 1. The van der Waals surface area contributed by atoms with Crippen LogP contribution in [0.25, 0.3) is 0 Å². The van der Waals surface area contributed by atoms with Crippen molar-refractivity contribution in [2.75, 3.05) is 6.26 Å². The van der Waals surface area contributed by atoms with Crippen LogP contribution in [-0.4, -0.2) is 24.5 Å². The molecule has 76 valence electrons. The van der Waals surface area contributed by atoms with Gasteiger partial charge in [-0.3, -0.25) is 0 Å². The molecule has 0 rings (SSSR count). The molecule has 2 atom stereocenters. The highest BCUT2D eigenvalue weighted by Crippen LogP contribution is 2.21. The fourth-order valence-corrected chi connectivity index (χ4v) is 1.92. The molecule has 0 bridgehead atoms. The highest BCUT2D eigenvalue weighted by Gasteiger charge is 2.13. The van der Waals surface area contributed by atoms with Gasteiger partial charge in [-0.05, 0) is 17.0 Å². The minimum atomic E-state index is 0.235. The monoisotopic (exact) mass is 224 g/mol. The third kappa shape index (κ3) is 4.82. The van der Waals surface area contributed by atoms with Gasteiger partial charge < -0.3 is 0 Å². The Balaban J connectivity index is 4.64. The van der Waals surface area contributed by atoms with E-state index in [1.165, 1.54) is 5.57 Å². The number of thioether (sulfide) groups is 1. The summed E-state index contributed by atoms with van der Waals surface area (Å²) in [5.74, 6) is 0. The molecule has 0 aromatic rings. The molecule has 0 fully saturated rings. The second kappa shape index (κ2) is 8.07. The lowest BCUT2D eigenvalue weighted by atomic mass is 9.95. The lowest BCUT2D eigenvalue weighted by Gasteiger charge is -2.18. The Hall–Kier alpha value is -0.275. The number of hydrogen-bond acceptors (Lipinski definition) is 2. The molecule has 14 heavy (non-hydrogen) atoms. The topological polar surface area (TPSA) is 0 Å². The standard InChI is InChI=1S/C11H17BS2/c1-4-6-8-9(7-5-2)10(13)11(12)14-3/h4-8,10-11,13H,1-2,12H2,3H3/b8-6-,9-7+. The van der Waals surface area contributed by atoms with Crippen LogP contribution < -0.4 is 0 Å². The van der Waals surface area contributed by atoms with Crippen molar-refractivity contribution in [1.82, 2.24) is 0 Å². The zero-order valence-corrected chi connectivity index (χ0v) is 10.5. The molecule has 0 N–H and O–H groups in total. The lowest BCUT2D eigenvalue weighted by molar-refractivity contribution is 1.14. The Morgan fingerprint density at radius 1 is 1.43 bits per heavy atom. The van der Waals surface area contributed by atoms with E-state index in [0.717, 1.165) is 0 Å². The van der Waals surface area contributed by atoms with Crippen LogP contribution in [0.2, 0.25) is 0 Å². The highest BCUT2D eigenvalue weighted by molar-refractivity contribution is 8.01. The Morgan fingerprint density at radius 2 is 2.07 bits per heavy atom. The molecule has 2 unspecified atom stereocenters. The smallest absolute Gasteiger partial charge is 0.120 e. The second-order valence-corrected chi connectivity index (χ2v) is 4.65. The summed E-state index contributed by atoms with van der Waals surface area (Å²) in [5.41, 5.74) is 1.17. The molecule has 0 radical (unpaired) electrons. The SMILES string of the molecule is BC(SC)C(S)C(/C=C\C=C)=C/C=C. The molecule has 0 aliphatic heterocycles. The van der Waals surface area contributed by atoms with Gasteiger partial charge in [-0.2, -0.15) is 24.4 Å². The van der Waals surface area contributed by atoms with E-state index >= 15 is 0 Å². The number of rotatable bonds is 6. The first-order valence-electron chi connectivity index (χ1n) is 4.50. The molecular weight excluding hydrogens is 207 g/mol. The maximum absolute atomic E-state index is 4.58. The molecule has 0 aliphatic rings. The van der Waals surface area contributed by atoms with E-state index < -0.39 is 0 Å². The number of hydrogen-bond donors (Lipinski definition) is 1. The first-order chi connectivity index (χ1) is 6.67. The van der Waals surface area contributed by atoms with Gasteiger partial charge in [0.2, 0.25) is 0 Å². The molecule has 0 heterocycles. The van der Waals surface area contributed by atoms with E-state index in [1.807, 2.05) is 30.0 Å². The summed E-state index contributed by atoms with van der Waals surface area (Å²) < 4.78 is 0. The van der Waals surface area contributed by atoms with Crippen LogP contribution in [0.3, 0.4) is 0 Å². The molecule has 0 spiro atoms. The normalized spacial score (nSPS) is 16.6. The van der Waals surface area contributed by atoms with E-state index in [9.17, 15) is 0 Å². The average molecular weight is 224 g/mol. The highest BCUT2D eigenvalue weighted by atomic mass is 32.2. The van der Waals surface area contributed by atoms with E-state index in [0.29, 0.717) is 5.15 Å². The number of allylic oxidation sites excluding steroid dienone is 5. The van der Waals surface area contributed by atoms with Crippen LogP contribution in [0.5, 0.6) is 0 Å². The minimum Gasteiger partial charge on any atom is -0.171 e. The minimum absolute atomic E-state index is 0.235. The summed E-state index contributed by atoms with van der Waals surface area (Å²) in [6, 6.07) is 0. The molecule has 0 saturated heterocycles. The second-order valence-electron chi connectivity index (χ2n) is 2.88. The van der Waals surface area contributed by atoms with Gasteiger partial charge in [0.05, 0.1) is 0 Å². The van der Waals surface area contributed by atoms with Crippen LogP contribution in [0.1, 0.15) is 0 Å². The molecule has 0 saturated carbocycles. The molecule has 0 aromatic carbocycles. The van der Waals surface area contributed by atoms with Gasteiger partial charge in [-0.15, -0.1) is 0 Å². The van der Waals surface area contributed by atoms with Crippen molar-refractivity contribution < 1.29 is 0 Å². The molecule has 0 amide bonds. The van der Waals surface area contributed by atoms with Gasteiger partial charge in [-0.25, -0.2) is 0 Å². The van der Waals surface area contributed by atoms with E-state index in [4.69, 9.17) is 0 Å². The van der Waals surface area contributed by atoms with Gasteiger partial charge in [0.1, 0.15) is 7.85 Å². The van der Waals surface area contributed by atoms with Crippen molar-refractivity contribution in [2.45, 2.75) is 10.4 Å². The van der Waals surface area contributed by atoms with E-state index in [1.54, 1.807) is 12.2 Å². The van der Waals surface area contributed by atoms with Gasteiger partial charge in [-0.1, -0.05) is 43.5 Å². The zero-order valence-electron chi connectivity index (χ0n) is 8.81. The summed E-state index contributed by atoms with van der Waals surface area (Å²) in [7, 11) is 2.17. The predicted octanol–water partition coefficient (Wildman–Crippen LogP) is 2.46. The maximum atomic E-state index is 4.58. The summed E-state index contributed by atoms with van der Waals surface area (Å²) in [6.45, 7) is 7.35. The Labute approximate surface area is 98.1 Å². The van der Waals surface area contributed by atoms with Crippen molar-refractivity contribution in [3.8, 4) is 0 Å². The zero-order chi connectivity index (χ0) is 11.0. The Morgan fingerprint density at radius 3 is 2.50 bits per heavy atom. The van der Waals surface area contributed by atoms with Crippen LogP contribution >= 0.6 is 24.4 Å². The van der Waals surface area contributed by atoms with Crippen LogP contribution in [-0.2, 0) is 0 Å². The summed E-state index contributed by atoms with van der Waals surface area (Å²) in [4.78, 5) is 0. The van der Waals surface area contributed by atoms with E-state index in [-0.39, 0.29) is 5.25 Å². The van der Waals surface area contributed by atoms with Crippen LogP contribution in [0.15, 0.2) is 49.1 Å². The van der Waals surface area contributed by atoms with Crippen LogP contribution in [0, 0.1) is 0 Å². The van der Waals surface area contributed by atoms with Crippen LogP contribution in [0.4, 0.5) is 0 Å². The van der Waals surface area contributed by atoms with Gasteiger partial charge in [0.15, 0.2) is 0 Å². The molecule has 3 heteroatoms. The van der Waals surface area contributed by atoms with Crippen molar-refractivity contribution in [3.63, 3.8) is 0 Å². The third-order valence-electron chi connectivity index (χ3n) is 1.89. The van der Waals surface area contributed by atoms with Gasteiger partial charge in [0.25, 0.3) is 0 Å². The summed E-state index contributed by atoms with van der Waals surface area (Å²) in [5, 5.41) is 0.721. The largest absolute Gasteiger partial charge is 0.171 e. The quantitative estimate of drug-likeness (QED) is 0.411. The lowest BCUT2D eigenvalue weighted by Crippen LogP contribution is -2.19. The Bertz CT molecular complexity index is 244. The molecule has 0 aromatic heterocycles. The maximum Gasteiger partial charge on any atom is 0.120 e. The average Bonchev–Trinajstić information content (AvgIpc) is 2.22. The van der Waals surface area contributed by atoms with Crippen molar-refractivity contribution in [1.29, 1.82) is 0 Å². The van der Waals surface area contributed by atoms with Crippen molar-refractivity contribution >= 4 is 32.2 Å². The molecule has 0 aliphatic carbocycles. The fraction of sp³-hybridized carbons (Fsp3) is 0.273. The first kappa shape index (κ1) is 13.7.